The van der Waals surface area contributed by atoms with E-state index in [1.54, 1.807) is 0 Å². The van der Waals surface area contributed by atoms with Crippen LogP contribution in [0.25, 0.3) is 0 Å². The first kappa shape index (κ1) is 16.8. The number of nitrogens with zero attached hydrogens (tertiary/aromatic N) is 1. The molecule has 1 aliphatic heterocycles. The molecule has 0 spiro atoms. The molecule has 1 N–H and O–H groups in total. The van der Waals surface area contributed by atoms with Gasteiger partial charge in [-0.15, -0.1) is 0 Å². The number of hydrogen-bond donors (Lipinski definition) is 1. The third-order valence-electron chi connectivity index (χ3n) is 3.93. The molecule has 1 atom stereocenters. The number of halogens is 1. The van der Waals surface area contributed by atoms with E-state index in [2.05, 4.69) is 36.2 Å². The minimum Gasteiger partial charge on any atom is -0.379 e. The molecule has 21 heavy (non-hydrogen) atoms. The molecule has 2 rings (SSSR count). The Labute approximate surface area is 133 Å². The van der Waals surface area contributed by atoms with Crippen molar-refractivity contribution in [2.45, 2.75) is 32.9 Å². The fourth-order valence-corrected chi connectivity index (χ4v) is 2.96. The molecule has 1 aromatic rings. The first-order valence-corrected chi connectivity index (χ1v) is 8.30. The summed E-state index contributed by atoms with van der Waals surface area (Å²) in [4.78, 5) is 2.57. The molecule has 0 aliphatic carbocycles. The summed E-state index contributed by atoms with van der Waals surface area (Å²) < 4.78 is 5.47. The molecule has 3 nitrogen and oxygen atoms in total. The van der Waals surface area contributed by atoms with Crippen LogP contribution in [0.2, 0.25) is 5.02 Å². The Bertz CT molecular complexity index is 402. The SMILES string of the molecule is CC(C)CC(CNCc1ccc(Cl)cc1)N1CCOCC1. The van der Waals surface area contributed by atoms with Crippen molar-refractivity contribution in [1.82, 2.24) is 10.2 Å². The van der Waals surface area contributed by atoms with Gasteiger partial charge >= 0.3 is 0 Å². The average molecular weight is 311 g/mol. The van der Waals surface area contributed by atoms with Crippen LogP contribution in [-0.2, 0) is 11.3 Å². The summed E-state index contributed by atoms with van der Waals surface area (Å²) >= 11 is 5.92. The topological polar surface area (TPSA) is 24.5 Å². The highest BCUT2D eigenvalue weighted by atomic mass is 35.5. The molecule has 0 aromatic heterocycles. The van der Waals surface area contributed by atoms with E-state index in [9.17, 15) is 0 Å². The van der Waals surface area contributed by atoms with Crippen molar-refractivity contribution < 1.29 is 4.74 Å². The fourth-order valence-electron chi connectivity index (χ4n) is 2.83. The Morgan fingerprint density at radius 1 is 1.19 bits per heavy atom. The third kappa shape index (κ3) is 5.95. The average Bonchev–Trinajstić information content (AvgIpc) is 2.49. The zero-order chi connectivity index (χ0) is 15.1. The van der Waals surface area contributed by atoms with Crippen molar-refractivity contribution in [3.05, 3.63) is 34.9 Å². The van der Waals surface area contributed by atoms with E-state index in [0.717, 1.165) is 50.3 Å². The molecule has 1 heterocycles. The van der Waals surface area contributed by atoms with Crippen molar-refractivity contribution in [3.63, 3.8) is 0 Å². The molecule has 0 radical (unpaired) electrons. The second-order valence-corrected chi connectivity index (χ2v) is 6.63. The zero-order valence-electron chi connectivity index (χ0n) is 13.1. The molecule has 1 unspecified atom stereocenters. The number of ether oxygens (including phenoxy) is 1. The van der Waals surface area contributed by atoms with Crippen molar-refractivity contribution >= 4 is 11.6 Å². The third-order valence-corrected chi connectivity index (χ3v) is 4.18. The summed E-state index contributed by atoms with van der Waals surface area (Å²) in [5.74, 6) is 0.718. The van der Waals surface area contributed by atoms with Gasteiger partial charge in [0.1, 0.15) is 0 Å². The molecule has 0 bridgehead atoms. The van der Waals surface area contributed by atoms with Crippen LogP contribution < -0.4 is 5.32 Å². The lowest BCUT2D eigenvalue weighted by Gasteiger charge is -2.35. The predicted molar refractivity (Wildman–Crippen MR) is 88.8 cm³/mol. The fraction of sp³-hybridized carbons (Fsp3) is 0.647. The van der Waals surface area contributed by atoms with Crippen molar-refractivity contribution in [2.24, 2.45) is 5.92 Å². The maximum Gasteiger partial charge on any atom is 0.0594 e. The van der Waals surface area contributed by atoms with E-state index in [1.807, 2.05) is 12.1 Å². The van der Waals surface area contributed by atoms with Crippen LogP contribution in [0.1, 0.15) is 25.8 Å². The second-order valence-electron chi connectivity index (χ2n) is 6.19. The largest absolute Gasteiger partial charge is 0.379 e. The van der Waals surface area contributed by atoms with Gasteiger partial charge in [0.25, 0.3) is 0 Å². The quantitative estimate of drug-likeness (QED) is 0.837. The number of benzene rings is 1. The van der Waals surface area contributed by atoms with E-state index in [-0.39, 0.29) is 0 Å². The Balaban J connectivity index is 1.81. The van der Waals surface area contributed by atoms with Gasteiger partial charge in [0.15, 0.2) is 0 Å². The molecule has 1 saturated heterocycles. The van der Waals surface area contributed by atoms with E-state index in [4.69, 9.17) is 16.3 Å². The highest BCUT2D eigenvalue weighted by Gasteiger charge is 2.21. The molecule has 1 aliphatic rings. The van der Waals surface area contributed by atoms with Crippen LogP contribution in [0.4, 0.5) is 0 Å². The highest BCUT2D eigenvalue weighted by Crippen LogP contribution is 2.14. The van der Waals surface area contributed by atoms with Crippen LogP contribution in [0.3, 0.4) is 0 Å². The summed E-state index contributed by atoms with van der Waals surface area (Å²) in [5.41, 5.74) is 1.28. The standard InChI is InChI=1S/C17H27ClN2O/c1-14(2)11-17(20-7-9-21-10-8-20)13-19-12-15-3-5-16(18)6-4-15/h3-6,14,17,19H,7-13H2,1-2H3. The number of morpholine rings is 1. The summed E-state index contributed by atoms with van der Waals surface area (Å²) in [7, 11) is 0. The maximum atomic E-state index is 5.92. The normalized spacial score (nSPS) is 18.1. The van der Waals surface area contributed by atoms with Crippen LogP contribution in [0.15, 0.2) is 24.3 Å². The van der Waals surface area contributed by atoms with E-state index in [0.29, 0.717) is 6.04 Å². The van der Waals surface area contributed by atoms with Gasteiger partial charge < -0.3 is 10.1 Å². The number of hydrogen-bond acceptors (Lipinski definition) is 3. The second kappa shape index (κ2) is 8.74. The first-order valence-electron chi connectivity index (χ1n) is 7.92. The van der Waals surface area contributed by atoms with Crippen molar-refractivity contribution in [3.8, 4) is 0 Å². The summed E-state index contributed by atoms with van der Waals surface area (Å²) in [5, 5.41) is 4.39. The Kier molecular flexibility index (Phi) is 6.97. The van der Waals surface area contributed by atoms with Gasteiger partial charge in [0.2, 0.25) is 0 Å². The molecular formula is C17H27ClN2O. The van der Waals surface area contributed by atoms with Crippen LogP contribution in [0.5, 0.6) is 0 Å². The molecule has 4 heteroatoms. The van der Waals surface area contributed by atoms with Crippen molar-refractivity contribution in [1.29, 1.82) is 0 Å². The van der Waals surface area contributed by atoms with E-state index >= 15 is 0 Å². The van der Waals surface area contributed by atoms with Crippen LogP contribution in [-0.4, -0.2) is 43.8 Å². The molecule has 0 saturated carbocycles. The van der Waals surface area contributed by atoms with Gasteiger partial charge in [-0.1, -0.05) is 37.6 Å². The maximum absolute atomic E-state index is 5.92. The summed E-state index contributed by atoms with van der Waals surface area (Å²) in [6.45, 7) is 10.4. The van der Waals surface area contributed by atoms with E-state index in [1.165, 1.54) is 12.0 Å². The molecule has 118 valence electrons. The first-order chi connectivity index (χ1) is 10.1. The van der Waals surface area contributed by atoms with Gasteiger partial charge in [0.05, 0.1) is 13.2 Å². The van der Waals surface area contributed by atoms with Gasteiger partial charge in [-0.2, -0.15) is 0 Å². The molecule has 1 fully saturated rings. The Morgan fingerprint density at radius 2 is 1.86 bits per heavy atom. The number of nitrogens with one attached hydrogen (secondary N) is 1. The van der Waals surface area contributed by atoms with Crippen LogP contribution in [0, 0.1) is 5.92 Å². The monoisotopic (exact) mass is 310 g/mol. The van der Waals surface area contributed by atoms with Crippen molar-refractivity contribution in [2.75, 3.05) is 32.8 Å². The van der Waals surface area contributed by atoms with Gasteiger partial charge in [0, 0.05) is 37.2 Å². The minimum absolute atomic E-state index is 0.598. The summed E-state index contributed by atoms with van der Waals surface area (Å²) in [6.07, 6.45) is 1.23. The van der Waals surface area contributed by atoms with Gasteiger partial charge in [-0.3, -0.25) is 4.90 Å². The van der Waals surface area contributed by atoms with Gasteiger partial charge in [-0.25, -0.2) is 0 Å². The summed E-state index contributed by atoms with van der Waals surface area (Å²) in [6, 6.07) is 8.67. The Hall–Kier alpha value is -0.610. The minimum atomic E-state index is 0.598. The smallest absolute Gasteiger partial charge is 0.0594 e. The lowest BCUT2D eigenvalue weighted by atomic mass is 10.0. The molecule has 1 aromatic carbocycles. The highest BCUT2D eigenvalue weighted by molar-refractivity contribution is 6.30. The van der Waals surface area contributed by atoms with Crippen LogP contribution >= 0.6 is 11.6 Å². The zero-order valence-corrected chi connectivity index (χ0v) is 13.9. The Morgan fingerprint density at radius 3 is 2.48 bits per heavy atom. The lowest BCUT2D eigenvalue weighted by molar-refractivity contribution is 0.0123. The van der Waals surface area contributed by atoms with Gasteiger partial charge in [-0.05, 0) is 30.0 Å². The molecular weight excluding hydrogens is 284 g/mol. The predicted octanol–water partition coefficient (Wildman–Crippen LogP) is 3.18. The number of rotatable bonds is 7. The lowest BCUT2D eigenvalue weighted by Crippen LogP contribution is -2.48. The van der Waals surface area contributed by atoms with E-state index < -0.39 is 0 Å². The molecule has 0 amide bonds.